The number of carboxylic acid groups (broad SMARTS) is 1. The lowest BCUT2D eigenvalue weighted by Gasteiger charge is -2.04. The lowest BCUT2D eigenvalue weighted by Crippen LogP contribution is -2.01. The summed E-state index contributed by atoms with van der Waals surface area (Å²) in [6.45, 7) is 1.91. The number of rotatable bonds is 4. The summed E-state index contributed by atoms with van der Waals surface area (Å²) < 4.78 is 2.03. The Morgan fingerprint density at radius 2 is 2.05 bits per heavy atom. The molecular weight excluding hydrogens is 284 g/mol. The van der Waals surface area contributed by atoms with E-state index in [9.17, 15) is 4.79 Å². The Hall–Kier alpha value is -2.40. The third-order valence-electron chi connectivity index (χ3n) is 3.21. The van der Waals surface area contributed by atoms with Gasteiger partial charge < -0.3 is 9.67 Å². The van der Waals surface area contributed by atoms with Gasteiger partial charge in [0.1, 0.15) is 5.01 Å². The van der Waals surface area contributed by atoms with Gasteiger partial charge in [-0.3, -0.25) is 4.79 Å². The molecule has 2 heterocycles. The van der Waals surface area contributed by atoms with E-state index in [2.05, 4.69) is 11.1 Å². The number of carbonyl (C=O) groups is 1. The number of carboxylic acids is 1. The molecule has 1 aromatic carbocycles. The molecule has 0 radical (unpaired) electrons. The molecule has 0 saturated heterocycles. The van der Waals surface area contributed by atoms with Gasteiger partial charge >= 0.3 is 5.97 Å². The number of thiazole rings is 1. The maximum atomic E-state index is 10.8. The van der Waals surface area contributed by atoms with E-state index >= 15 is 0 Å². The predicted octanol–water partition coefficient (Wildman–Crippen LogP) is 3.54. The second-order valence-electron chi connectivity index (χ2n) is 4.73. The van der Waals surface area contributed by atoms with Gasteiger partial charge in [0.2, 0.25) is 0 Å². The summed E-state index contributed by atoms with van der Waals surface area (Å²) >= 11 is 1.53. The molecule has 0 aliphatic heterocycles. The zero-order valence-electron chi connectivity index (χ0n) is 11.5. The molecule has 0 unspecified atom stereocenters. The third kappa shape index (κ3) is 2.87. The van der Waals surface area contributed by atoms with Gasteiger partial charge in [0, 0.05) is 28.5 Å². The maximum absolute atomic E-state index is 10.8. The molecule has 0 aliphatic carbocycles. The van der Waals surface area contributed by atoms with Crippen LogP contribution in [0.4, 0.5) is 0 Å². The van der Waals surface area contributed by atoms with E-state index in [4.69, 9.17) is 5.11 Å². The zero-order chi connectivity index (χ0) is 14.8. The lowest BCUT2D eigenvalue weighted by atomic mass is 10.2. The van der Waals surface area contributed by atoms with Gasteiger partial charge in [0.25, 0.3) is 0 Å². The average Bonchev–Trinajstić information content (AvgIpc) is 3.09. The van der Waals surface area contributed by atoms with Crippen molar-refractivity contribution < 1.29 is 9.90 Å². The van der Waals surface area contributed by atoms with E-state index in [-0.39, 0.29) is 6.42 Å². The molecule has 0 amide bonds. The summed E-state index contributed by atoms with van der Waals surface area (Å²) in [4.78, 5) is 16.3. The van der Waals surface area contributed by atoms with Crippen molar-refractivity contribution in [3.8, 4) is 16.3 Å². The molecule has 0 fully saturated rings. The van der Waals surface area contributed by atoms with Crippen LogP contribution >= 0.6 is 11.3 Å². The van der Waals surface area contributed by atoms with E-state index in [0.717, 1.165) is 21.1 Å². The number of aryl methyl sites for hydroxylation is 1. The lowest BCUT2D eigenvalue weighted by molar-refractivity contribution is -0.136. The van der Waals surface area contributed by atoms with E-state index in [1.165, 1.54) is 11.3 Å². The molecule has 4 nitrogen and oxygen atoms in total. The summed E-state index contributed by atoms with van der Waals surface area (Å²) in [6.07, 6.45) is 3.95. The van der Waals surface area contributed by atoms with Crippen molar-refractivity contribution in [2.75, 3.05) is 0 Å². The number of nitrogens with zero attached hydrogens (tertiary/aromatic N) is 2. The first kappa shape index (κ1) is 13.6. The van der Waals surface area contributed by atoms with Gasteiger partial charge in [-0.15, -0.1) is 11.3 Å². The molecule has 106 valence electrons. The summed E-state index contributed by atoms with van der Waals surface area (Å²) in [6, 6.07) is 12.0. The molecule has 21 heavy (non-hydrogen) atoms. The molecule has 0 atom stereocenters. The largest absolute Gasteiger partial charge is 0.481 e. The number of hydrogen-bond acceptors (Lipinski definition) is 3. The third-order valence-corrected chi connectivity index (χ3v) is 4.27. The maximum Gasteiger partial charge on any atom is 0.309 e. The number of aromatic nitrogens is 2. The summed E-state index contributed by atoms with van der Waals surface area (Å²) in [5.41, 5.74) is 2.71. The zero-order valence-corrected chi connectivity index (χ0v) is 12.3. The normalized spacial score (nSPS) is 10.7. The first-order valence-electron chi connectivity index (χ1n) is 6.55. The van der Waals surface area contributed by atoms with Crippen molar-refractivity contribution in [3.63, 3.8) is 0 Å². The highest BCUT2D eigenvalue weighted by Gasteiger charge is 2.12. The van der Waals surface area contributed by atoms with Gasteiger partial charge in [0.05, 0.1) is 12.1 Å². The Kier molecular flexibility index (Phi) is 3.58. The van der Waals surface area contributed by atoms with Gasteiger partial charge in [-0.1, -0.05) is 12.1 Å². The Morgan fingerprint density at radius 1 is 1.29 bits per heavy atom. The Balaban J connectivity index is 1.97. The van der Waals surface area contributed by atoms with Crippen LogP contribution < -0.4 is 0 Å². The van der Waals surface area contributed by atoms with Crippen LogP contribution in [0.2, 0.25) is 0 Å². The number of aliphatic carboxylic acids is 1. The molecule has 3 aromatic rings. The average molecular weight is 298 g/mol. The highest BCUT2D eigenvalue weighted by atomic mass is 32.1. The highest BCUT2D eigenvalue weighted by molar-refractivity contribution is 7.15. The minimum Gasteiger partial charge on any atom is -0.481 e. The van der Waals surface area contributed by atoms with Crippen LogP contribution in [0.15, 0.2) is 48.8 Å². The van der Waals surface area contributed by atoms with Crippen molar-refractivity contribution in [1.29, 1.82) is 0 Å². The Bertz CT molecular complexity index is 775. The van der Waals surface area contributed by atoms with Crippen molar-refractivity contribution >= 4 is 17.3 Å². The molecular formula is C16H14N2O2S. The molecule has 0 bridgehead atoms. The van der Waals surface area contributed by atoms with E-state index in [1.54, 1.807) is 0 Å². The number of benzene rings is 1. The van der Waals surface area contributed by atoms with Crippen LogP contribution in [-0.2, 0) is 11.2 Å². The summed E-state index contributed by atoms with van der Waals surface area (Å²) in [5.74, 6) is -0.851. The minimum atomic E-state index is -0.851. The van der Waals surface area contributed by atoms with Gasteiger partial charge in [-0.2, -0.15) is 0 Å². The van der Waals surface area contributed by atoms with E-state index in [0.29, 0.717) is 5.69 Å². The SMILES string of the molecule is Cc1sc(-c2cccc(-n3cccc3)c2)nc1CC(=O)O. The standard InChI is InChI=1S/C16H14N2O2S/c1-11-14(10-15(19)20)17-16(21-11)12-5-4-6-13(9-12)18-7-2-3-8-18/h2-9H,10H2,1H3,(H,19,20). The fourth-order valence-corrected chi connectivity index (χ4v) is 3.09. The quantitative estimate of drug-likeness (QED) is 0.801. The van der Waals surface area contributed by atoms with Gasteiger partial charge in [-0.05, 0) is 31.2 Å². The smallest absolute Gasteiger partial charge is 0.309 e. The van der Waals surface area contributed by atoms with Crippen molar-refractivity contribution in [1.82, 2.24) is 9.55 Å². The van der Waals surface area contributed by atoms with E-state index < -0.39 is 5.97 Å². The minimum absolute atomic E-state index is 0.0282. The van der Waals surface area contributed by atoms with Crippen LogP contribution in [-0.4, -0.2) is 20.6 Å². The van der Waals surface area contributed by atoms with Crippen molar-refractivity contribution in [2.24, 2.45) is 0 Å². The number of hydrogen-bond donors (Lipinski definition) is 1. The van der Waals surface area contributed by atoms with Gasteiger partial charge in [0.15, 0.2) is 0 Å². The first-order valence-corrected chi connectivity index (χ1v) is 7.37. The second kappa shape index (κ2) is 5.54. The molecule has 1 N–H and O–H groups in total. The Morgan fingerprint density at radius 3 is 2.76 bits per heavy atom. The molecule has 3 rings (SSSR count). The van der Waals surface area contributed by atoms with Gasteiger partial charge in [-0.25, -0.2) is 4.98 Å². The fraction of sp³-hybridized carbons (Fsp3) is 0.125. The van der Waals surface area contributed by atoms with Crippen LogP contribution in [0.3, 0.4) is 0 Å². The predicted molar refractivity (Wildman–Crippen MR) is 83.0 cm³/mol. The highest BCUT2D eigenvalue weighted by Crippen LogP contribution is 2.29. The van der Waals surface area contributed by atoms with Crippen LogP contribution in [0, 0.1) is 6.92 Å². The molecule has 2 aromatic heterocycles. The molecule has 0 saturated carbocycles. The van der Waals surface area contributed by atoms with E-state index in [1.807, 2.05) is 54.2 Å². The fourth-order valence-electron chi connectivity index (χ4n) is 2.16. The van der Waals surface area contributed by atoms with Crippen molar-refractivity contribution in [3.05, 3.63) is 59.4 Å². The first-order chi connectivity index (χ1) is 10.1. The molecule has 0 spiro atoms. The summed E-state index contributed by atoms with van der Waals surface area (Å²) in [5, 5.41) is 9.76. The summed E-state index contributed by atoms with van der Waals surface area (Å²) in [7, 11) is 0. The van der Waals surface area contributed by atoms with Crippen LogP contribution in [0.5, 0.6) is 0 Å². The van der Waals surface area contributed by atoms with Crippen LogP contribution in [0.1, 0.15) is 10.6 Å². The van der Waals surface area contributed by atoms with Crippen LogP contribution in [0.25, 0.3) is 16.3 Å². The second-order valence-corrected chi connectivity index (χ2v) is 5.94. The molecule has 5 heteroatoms. The van der Waals surface area contributed by atoms with Crippen molar-refractivity contribution in [2.45, 2.75) is 13.3 Å². The molecule has 0 aliphatic rings. The monoisotopic (exact) mass is 298 g/mol. The topological polar surface area (TPSA) is 55.1 Å². The Labute approximate surface area is 126 Å².